The monoisotopic (exact) mass is 365 g/mol. The third-order valence-corrected chi connectivity index (χ3v) is 4.72. The van der Waals surface area contributed by atoms with Gasteiger partial charge in [-0.1, -0.05) is 41.9 Å². The second kappa shape index (κ2) is 6.42. The molecule has 2 aromatic heterocycles. The minimum absolute atomic E-state index is 0.378. The van der Waals surface area contributed by atoms with Crippen LogP contribution in [0.15, 0.2) is 48.5 Å². The second-order valence-electron chi connectivity index (χ2n) is 5.87. The van der Waals surface area contributed by atoms with E-state index in [1.54, 1.807) is 24.3 Å². The highest BCUT2D eigenvalue weighted by Gasteiger charge is 2.17. The first kappa shape index (κ1) is 16.5. The Bertz CT molecular complexity index is 1130. The Hall–Kier alpha value is -2.92. The summed E-state index contributed by atoms with van der Waals surface area (Å²) < 4.78 is 6.86. The number of nitrogens with zero attached hydrogens (tertiary/aromatic N) is 3. The van der Waals surface area contributed by atoms with Gasteiger partial charge in [-0.3, -0.25) is 0 Å². The van der Waals surface area contributed by atoms with E-state index in [4.69, 9.17) is 21.3 Å². The molecular weight excluding hydrogens is 350 g/mol. The first-order chi connectivity index (χ1) is 12.6. The molecule has 0 radical (unpaired) electrons. The zero-order valence-corrected chi connectivity index (χ0v) is 15.1. The summed E-state index contributed by atoms with van der Waals surface area (Å²) in [6, 6.07) is 15.0. The van der Waals surface area contributed by atoms with Crippen molar-refractivity contribution in [3.05, 3.63) is 59.2 Å². The number of aryl methyl sites for hydroxylation is 1. The molecule has 2 aromatic carbocycles. The van der Waals surface area contributed by atoms with Crippen LogP contribution in [0.2, 0.25) is 5.15 Å². The lowest BCUT2D eigenvalue weighted by molar-refractivity contribution is 0.0601. The minimum Gasteiger partial charge on any atom is -0.465 e. The molecule has 0 aliphatic carbocycles. The Morgan fingerprint density at radius 1 is 1.12 bits per heavy atom. The lowest BCUT2D eigenvalue weighted by Crippen LogP contribution is -2.01. The van der Waals surface area contributed by atoms with Gasteiger partial charge in [-0.05, 0) is 25.1 Å². The maximum Gasteiger partial charge on any atom is 0.337 e. The summed E-state index contributed by atoms with van der Waals surface area (Å²) in [4.78, 5) is 20.8. The van der Waals surface area contributed by atoms with Crippen LogP contribution in [0.5, 0.6) is 0 Å². The van der Waals surface area contributed by atoms with E-state index >= 15 is 0 Å². The zero-order valence-electron chi connectivity index (χ0n) is 14.4. The summed E-state index contributed by atoms with van der Waals surface area (Å²) in [5.41, 5.74) is 3.15. The van der Waals surface area contributed by atoms with Crippen LogP contribution < -0.4 is 0 Å². The molecule has 2 heterocycles. The number of aromatic nitrogens is 3. The second-order valence-corrected chi connectivity index (χ2v) is 6.22. The van der Waals surface area contributed by atoms with E-state index in [1.165, 1.54) is 7.11 Å². The van der Waals surface area contributed by atoms with E-state index in [1.807, 2.05) is 18.2 Å². The summed E-state index contributed by atoms with van der Waals surface area (Å²) in [5.74, 6) is 0.147. The molecule has 0 fully saturated rings. The van der Waals surface area contributed by atoms with Crippen molar-refractivity contribution in [2.45, 2.75) is 13.5 Å². The maximum absolute atomic E-state index is 11.6. The van der Waals surface area contributed by atoms with Crippen molar-refractivity contribution in [3.63, 3.8) is 0 Å². The molecule has 130 valence electrons. The van der Waals surface area contributed by atoms with Crippen molar-refractivity contribution >= 4 is 39.5 Å². The van der Waals surface area contributed by atoms with E-state index in [9.17, 15) is 4.79 Å². The largest absolute Gasteiger partial charge is 0.465 e. The predicted molar refractivity (Wildman–Crippen MR) is 102 cm³/mol. The maximum atomic E-state index is 11.6. The normalized spacial score (nSPS) is 11.2. The highest BCUT2D eigenvalue weighted by Crippen LogP contribution is 2.33. The first-order valence-electron chi connectivity index (χ1n) is 8.27. The van der Waals surface area contributed by atoms with E-state index in [-0.39, 0.29) is 5.97 Å². The third kappa shape index (κ3) is 2.52. The van der Waals surface area contributed by atoms with Crippen LogP contribution in [0.25, 0.3) is 33.3 Å². The van der Waals surface area contributed by atoms with Crippen molar-refractivity contribution in [1.82, 2.24) is 14.5 Å². The van der Waals surface area contributed by atoms with Crippen molar-refractivity contribution in [3.8, 4) is 11.4 Å². The number of fused-ring (bicyclic) bond motifs is 3. The number of ether oxygens (including phenoxy) is 1. The van der Waals surface area contributed by atoms with Gasteiger partial charge in [0.15, 0.2) is 5.82 Å². The quantitative estimate of drug-likeness (QED) is 0.389. The highest BCUT2D eigenvalue weighted by molar-refractivity contribution is 6.36. The van der Waals surface area contributed by atoms with E-state index in [0.717, 1.165) is 34.0 Å². The third-order valence-electron chi connectivity index (χ3n) is 4.45. The molecule has 0 aliphatic heterocycles. The van der Waals surface area contributed by atoms with Crippen LogP contribution in [0.4, 0.5) is 0 Å². The molecule has 0 saturated carbocycles. The minimum atomic E-state index is -0.378. The summed E-state index contributed by atoms with van der Waals surface area (Å²) in [6.07, 6.45) is 0. The van der Waals surface area contributed by atoms with Crippen molar-refractivity contribution in [2.75, 3.05) is 7.11 Å². The van der Waals surface area contributed by atoms with Crippen LogP contribution in [-0.4, -0.2) is 27.6 Å². The van der Waals surface area contributed by atoms with Crippen LogP contribution in [0.1, 0.15) is 17.3 Å². The van der Waals surface area contributed by atoms with Crippen LogP contribution in [0.3, 0.4) is 0 Å². The molecular formula is C20H16ClN3O2. The molecule has 0 amide bonds. The predicted octanol–water partition coefficient (Wildman–Crippen LogP) is 4.71. The lowest BCUT2D eigenvalue weighted by atomic mass is 10.1. The summed E-state index contributed by atoms with van der Waals surface area (Å²) in [6.45, 7) is 2.85. The summed E-state index contributed by atoms with van der Waals surface area (Å²) in [7, 11) is 1.36. The lowest BCUT2D eigenvalue weighted by Gasteiger charge is -2.06. The zero-order chi connectivity index (χ0) is 18.3. The Labute approximate surface area is 155 Å². The molecule has 0 unspecified atom stereocenters. The fraction of sp³-hybridized carbons (Fsp3) is 0.150. The molecule has 4 aromatic rings. The Morgan fingerprint density at radius 2 is 1.85 bits per heavy atom. The highest BCUT2D eigenvalue weighted by atomic mass is 35.5. The average molecular weight is 366 g/mol. The molecule has 0 spiro atoms. The van der Waals surface area contributed by atoms with E-state index < -0.39 is 0 Å². The van der Waals surface area contributed by atoms with Crippen molar-refractivity contribution < 1.29 is 9.53 Å². The SMILES string of the molecule is CCn1c2ccccc2c2c(Cl)nc(-c3ccc(C(=O)OC)cc3)nc21. The number of hydrogen-bond acceptors (Lipinski definition) is 4. The molecule has 0 N–H and O–H groups in total. The van der Waals surface area contributed by atoms with Crippen LogP contribution >= 0.6 is 11.6 Å². The average Bonchev–Trinajstić information content (AvgIpc) is 3.01. The molecule has 0 saturated heterocycles. The molecule has 4 rings (SSSR count). The van der Waals surface area contributed by atoms with Crippen LogP contribution in [0, 0.1) is 0 Å². The summed E-state index contributed by atoms with van der Waals surface area (Å²) >= 11 is 6.53. The smallest absolute Gasteiger partial charge is 0.337 e. The topological polar surface area (TPSA) is 57.0 Å². The van der Waals surface area contributed by atoms with Gasteiger partial charge in [0.2, 0.25) is 0 Å². The number of halogens is 1. The van der Waals surface area contributed by atoms with E-state index in [2.05, 4.69) is 22.5 Å². The Morgan fingerprint density at radius 3 is 2.54 bits per heavy atom. The molecule has 0 atom stereocenters. The fourth-order valence-electron chi connectivity index (χ4n) is 3.21. The number of carbonyl (C=O) groups excluding carboxylic acids is 1. The Kier molecular flexibility index (Phi) is 4.09. The van der Waals surface area contributed by atoms with Crippen molar-refractivity contribution in [2.24, 2.45) is 0 Å². The number of methoxy groups -OCH3 is 1. The molecule has 6 heteroatoms. The number of esters is 1. The van der Waals surface area contributed by atoms with Crippen LogP contribution in [-0.2, 0) is 11.3 Å². The summed E-state index contributed by atoms with van der Waals surface area (Å²) in [5, 5.41) is 2.33. The molecule has 26 heavy (non-hydrogen) atoms. The number of hydrogen-bond donors (Lipinski definition) is 0. The standard InChI is InChI=1S/C20H16ClN3O2/c1-3-24-15-7-5-4-6-14(15)16-17(21)22-18(23-19(16)24)12-8-10-13(11-9-12)20(25)26-2/h4-11H,3H2,1-2H3. The van der Waals surface area contributed by atoms with E-state index in [0.29, 0.717) is 16.5 Å². The fourth-order valence-corrected chi connectivity index (χ4v) is 3.47. The number of benzene rings is 2. The first-order valence-corrected chi connectivity index (χ1v) is 8.65. The molecule has 0 aliphatic rings. The van der Waals surface area contributed by atoms with Gasteiger partial charge in [0.1, 0.15) is 10.8 Å². The van der Waals surface area contributed by atoms with Gasteiger partial charge in [-0.25, -0.2) is 14.8 Å². The van der Waals surface area contributed by atoms with Gasteiger partial charge >= 0.3 is 5.97 Å². The van der Waals surface area contributed by atoms with Gasteiger partial charge in [0, 0.05) is 17.5 Å². The van der Waals surface area contributed by atoms with Gasteiger partial charge < -0.3 is 9.30 Å². The van der Waals surface area contributed by atoms with Gasteiger partial charge in [-0.15, -0.1) is 0 Å². The van der Waals surface area contributed by atoms with Crippen molar-refractivity contribution in [1.29, 1.82) is 0 Å². The number of rotatable bonds is 3. The molecule has 5 nitrogen and oxygen atoms in total. The molecule has 0 bridgehead atoms. The Balaban J connectivity index is 1.92. The van der Waals surface area contributed by atoms with Gasteiger partial charge in [0.25, 0.3) is 0 Å². The number of carbonyl (C=O) groups is 1. The van der Waals surface area contributed by atoms with Gasteiger partial charge in [-0.2, -0.15) is 0 Å². The van der Waals surface area contributed by atoms with Gasteiger partial charge in [0.05, 0.1) is 23.6 Å². The number of para-hydroxylation sites is 1.